The number of H-pyrrole nitrogens is 1. The Morgan fingerprint density at radius 3 is 1.92 bits per heavy atom. The number of rotatable bonds is 27. The SMILES string of the molecule is CC(C)[C@H](NC(=O)[C@H](CCCN=C(N)N)NC(=O)CCS)C(=O)N[C@@H](Cc1ccc(O)cc1)C(=O)N[C@H](C(=O)N[C@@H](Cc1cnc[nH]1)C(=O)N1CCC[C@H]1C(=O)N[C@@H](Cc1ccccc1)C(=O)O)C(C)C. The number of carbonyl (C=O) groups excluding carboxylic acids is 7. The van der Waals surface area contributed by atoms with Crippen molar-refractivity contribution >= 4 is 65.9 Å². The lowest BCUT2D eigenvalue weighted by molar-refractivity contribution is -0.145. The van der Waals surface area contributed by atoms with Crippen molar-refractivity contribution in [1.82, 2.24) is 46.8 Å². The van der Waals surface area contributed by atoms with Gasteiger partial charge < -0.3 is 63.5 Å². The van der Waals surface area contributed by atoms with E-state index in [0.29, 0.717) is 29.7 Å². The van der Waals surface area contributed by atoms with Gasteiger partial charge in [0.05, 0.1) is 6.33 Å². The number of hydrogen-bond donors (Lipinski definition) is 12. The molecule has 23 heteroatoms. The van der Waals surface area contributed by atoms with Gasteiger partial charge in [0.1, 0.15) is 48.0 Å². The number of phenolic OH excluding ortho intramolecular Hbond substituents is 1. The number of aliphatic imine (C=N–C) groups is 1. The van der Waals surface area contributed by atoms with Crippen LogP contribution >= 0.6 is 12.6 Å². The summed E-state index contributed by atoms with van der Waals surface area (Å²) in [5.41, 5.74) is 12.6. The number of nitrogens with zero attached hydrogens (tertiary/aromatic N) is 3. The number of aliphatic carboxylic acids is 1. The first kappa shape index (κ1) is 56.4. The van der Waals surface area contributed by atoms with Crippen LogP contribution in [0.4, 0.5) is 0 Å². The molecular weight excluding hydrogens is 937 g/mol. The molecule has 71 heavy (non-hydrogen) atoms. The van der Waals surface area contributed by atoms with E-state index in [2.05, 4.69) is 59.5 Å². The molecule has 0 aliphatic carbocycles. The third-order valence-electron chi connectivity index (χ3n) is 11.8. The summed E-state index contributed by atoms with van der Waals surface area (Å²) in [5, 5.41) is 36.2. The van der Waals surface area contributed by atoms with Crippen molar-refractivity contribution < 1.29 is 48.6 Å². The average molecular weight is 1010 g/mol. The van der Waals surface area contributed by atoms with Crippen molar-refractivity contribution in [3.8, 4) is 5.75 Å². The van der Waals surface area contributed by atoms with Gasteiger partial charge in [-0.25, -0.2) is 9.78 Å². The minimum absolute atomic E-state index is 0.0138. The number of likely N-dealkylation sites (tertiary alicyclic amines) is 1. The summed E-state index contributed by atoms with van der Waals surface area (Å²) in [6.45, 7) is 7.04. The Kier molecular flexibility index (Phi) is 22.1. The molecule has 7 atom stereocenters. The summed E-state index contributed by atoms with van der Waals surface area (Å²) in [4.78, 5) is 122. The zero-order valence-electron chi connectivity index (χ0n) is 40.4. The summed E-state index contributed by atoms with van der Waals surface area (Å²) in [6, 6.07) is 6.20. The molecule has 0 unspecified atom stereocenters. The minimum atomic E-state index is -1.35. The fourth-order valence-corrected chi connectivity index (χ4v) is 8.16. The van der Waals surface area contributed by atoms with Crippen molar-refractivity contribution in [3.63, 3.8) is 0 Å². The molecule has 22 nitrogen and oxygen atoms in total. The highest BCUT2D eigenvalue weighted by molar-refractivity contribution is 7.80. The summed E-state index contributed by atoms with van der Waals surface area (Å²) < 4.78 is 0. The van der Waals surface area contributed by atoms with Crippen molar-refractivity contribution in [2.75, 3.05) is 18.8 Å². The number of aromatic hydroxyl groups is 1. The zero-order chi connectivity index (χ0) is 52.2. The van der Waals surface area contributed by atoms with Gasteiger partial charge in [-0.3, -0.25) is 38.6 Å². The second kappa shape index (κ2) is 27.9. The molecule has 1 aromatic heterocycles. The van der Waals surface area contributed by atoms with Crippen LogP contribution in [0, 0.1) is 11.8 Å². The predicted molar refractivity (Wildman–Crippen MR) is 266 cm³/mol. The summed E-state index contributed by atoms with van der Waals surface area (Å²) in [5.74, 6) is -6.99. The normalized spacial score (nSPS) is 15.8. The highest BCUT2D eigenvalue weighted by Crippen LogP contribution is 2.21. The number of aromatic nitrogens is 2. The van der Waals surface area contributed by atoms with E-state index in [1.807, 2.05) is 0 Å². The number of carbonyl (C=O) groups is 8. The second-order valence-electron chi connectivity index (χ2n) is 18.1. The molecule has 0 bridgehead atoms. The number of aromatic amines is 1. The number of guanidine groups is 1. The Bertz CT molecular complexity index is 2300. The highest BCUT2D eigenvalue weighted by atomic mass is 32.1. The second-order valence-corrected chi connectivity index (χ2v) is 18.5. The summed E-state index contributed by atoms with van der Waals surface area (Å²) in [7, 11) is 0. The Balaban J connectivity index is 1.56. The Hall–Kier alpha value is -7.17. The van der Waals surface area contributed by atoms with E-state index >= 15 is 0 Å². The molecule has 0 spiro atoms. The first-order valence-corrected chi connectivity index (χ1v) is 24.2. The zero-order valence-corrected chi connectivity index (χ0v) is 41.3. The van der Waals surface area contributed by atoms with Crippen LogP contribution in [-0.4, -0.2) is 139 Å². The first-order valence-electron chi connectivity index (χ1n) is 23.6. The van der Waals surface area contributed by atoms with Gasteiger partial charge in [-0.05, 0) is 66.5 Å². The number of benzene rings is 2. The number of nitrogens with one attached hydrogen (secondary N) is 7. The molecule has 386 valence electrons. The maximum absolute atomic E-state index is 14.5. The molecule has 1 aliphatic rings. The van der Waals surface area contributed by atoms with Crippen LogP contribution in [-0.2, 0) is 57.6 Å². The quantitative estimate of drug-likeness (QED) is 0.0204. The van der Waals surface area contributed by atoms with E-state index in [4.69, 9.17) is 11.5 Å². The van der Waals surface area contributed by atoms with Crippen LogP contribution in [0.15, 0.2) is 72.1 Å². The number of amides is 7. The molecule has 3 aromatic rings. The van der Waals surface area contributed by atoms with Crippen LogP contribution in [0.1, 0.15) is 76.6 Å². The van der Waals surface area contributed by atoms with Gasteiger partial charge in [-0.1, -0.05) is 70.2 Å². The predicted octanol–water partition coefficient (Wildman–Crippen LogP) is -0.187. The number of carboxylic acids is 1. The molecule has 4 rings (SSSR count). The van der Waals surface area contributed by atoms with Crippen molar-refractivity contribution in [2.24, 2.45) is 28.3 Å². The topological polar surface area (TPSA) is 346 Å². The van der Waals surface area contributed by atoms with Gasteiger partial charge in [0, 0.05) is 50.7 Å². The van der Waals surface area contributed by atoms with Gasteiger partial charge in [0.2, 0.25) is 41.4 Å². The number of phenols is 1. The van der Waals surface area contributed by atoms with Crippen molar-refractivity contribution in [3.05, 3.63) is 83.9 Å². The van der Waals surface area contributed by atoms with Crippen LogP contribution < -0.4 is 43.4 Å². The van der Waals surface area contributed by atoms with Crippen molar-refractivity contribution in [1.29, 1.82) is 0 Å². The molecule has 13 N–H and O–H groups in total. The maximum atomic E-state index is 14.5. The Morgan fingerprint density at radius 2 is 1.35 bits per heavy atom. The van der Waals surface area contributed by atoms with Gasteiger partial charge in [-0.15, -0.1) is 0 Å². The standard InChI is InChI=1S/C48H68N12O10S/c1-27(2)39(58-41(63)33(54-38(62)18-21-71)12-8-19-52-48(49)50)44(66)55-34(22-30-14-16-32(61)17-15-30)42(64)59-40(28(3)4)45(67)56-35(24-31-25-51-26-53-31)46(68)60-20-9-13-37(60)43(65)57-36(47(69)70)23-29-10-6-5-7-11-29/h5-7,10-11,14-17,25-28,33-37,39-40,61,71H,8-9,12-13,18-24H2,1-4H3,(H,51,53)(H,54,62)(H,55,66)(H,56,67)(H,57,65)(H,58,63)(H,59,64)(H,69,70)(H4,49,50,52)/t33-,34-,35-,36-,37-,39-,40-/m0/s1. The van der Waals surface area contributed by atoms with Crippen LogP contribution in [0.25, 0.3) is 0 Å². The monoisotopic (exact) mass is 1000 g/mol. The van der Waals surface area contributed by atoms with Gasteiger partial charge in [-0.2, -0.15) is 12.6 Å². The smallest absolute Gasteiger partial charge is 0.326 e. The fraction of sp³-hybridized carbons (Fsp3) is 0.500. The molecular formula is C48H68N12O10S. The average Bonchev–Trinajstić information content (AvgIpc) is 4.04. The summed E-state index contributed by atoms with van der Waals surface area (Å²) in [6.07, 6.45) is 3.83. The maximum Gasteiger partial charge on any atom is 0.326 e. The highest BCUT2D eigenvalue weighted by Gasteiger charge is 2.41. The van der Waals surface area contributed by atoms with Gasteiger partial charge >= 0.3 is 5.97 Å². The molecule has 0 radical (unpaired) electrons. The lowest BCUT2D eigenvalue weighted by Crippen LogP contribution is -2.61. The molecule has 0 saturated carbocycles. The van der Waals surface area contributed by atoms with E-state index in [1.165, 1.54) is 29.6 Å². The molecule has 1 saturated heterocycles. The molecule has 7 amide bonds. The number of carboxylic acid groups (broad SMARTS) is 1. The number of nitrogens with two attached hydrogens (primary N) is 2. The van der Waals surface area contributed by atoms with Crippen LogP contribution in [0.3, 0.4) is 0 Å². The van der Waals surface area contributed by atoms with Crippen molar-refractivity contribution in [2.45, 2.75) is 121 Å². The largest absolute Gasteiger partial charge is 0.508 e. The van der Waals surface area contributed by atoms with Gasteiger partial charge in [0.25, 0.3) is 0 Å². The first-order chi connectivity index (χ1) is 33.8. The minimum Gasteiger partial charge on any atom is -0.508 e. The Morgan fingerprint density at radius 1 is 0.761 bits per heavy atom. The number of thiol groups is 1. The molecule has 1 fully saturated rings. The lowest BCUT2D eigenvalue weighted by atomic mass is 9.98. The number of hydrogen-bond acceptors (Lipinski definition) is 12. The van der Waals surface area contributed by atoms with Crippen LogP contribution in [0.5, 0.6) is 5.75 Å². The van der Waals surface area contributed by atoms with E-state index < -0.39 is 101 Å². The number of imidazole rings is 1. The van der Waals surface area contributed by atoms with E-state index in [1.54, 1.807) is 70.2 Å². The van der Waals surface area contributed by atoms with Crippen LogP contribution in [0.2, 0.25) is 0 Å². The van der Waals surface area contributed by atoms with Gasteiger partial charge in [0.15, 0.2) is 5.96 Å². The van der Waals surface area contributed by atoms with E-state index in [0.717, 1.165) is 0 Å². The fourth-order valence-electron chi connectivity index (χ4n) is 7.96. The van der Waals surface area contributed by atoms with E-state index in [-0.39, 0.29) is 69.1 Å². The lowest BCUT2D eigenvalue weighted by Gasteiger charge is -2.31. The Labute approximate surface area is 418 Å². The molecule has 2 heterocycles. The molecule has 1 aliphatic heterocycles. The third kappa shape index (κ3) is 17.9. The summed E-state index contributed by atoms with van der Waals surface area (Å²) >= 11 is 4.10. The molecule has 2 aromatic carbocycles. The van der Waals surface area contributed by atoms with E-state index in [9.17, 15) is 48.6 Å². The third-order valence-corrected chi connectivity index (χ3v) is 12.0.